The predicted molar refractivity (Wildman–Crippen MR) is 155 cm³/mol. The highest BCUT2D eigenvalue weighted by atomic mass is 19.1. The monoisotopic (exact) mass is 548 g/mol. The Bertz CT molecular complexity index is 1370. The number of benzene rings is 2. The van der Waals surface area contributed by atoms with E-state index in [0.717, 1.165) is 46.4 Å². The Morgan fingerprint density at radius 3 is 2.55 bits per heavy atom. The number of aromatic nitrogens is 1. The summed E-state index contributed by atoms with van der Waals surface area (Å²) in [4.78, 5) is 17.8. The van der Waals surface area contributed by atoms with Crippen molar-refractivity contribution < 1.29 is 23.8 Å². The highest BCUT2D eigenvalue weighted by Gasteiger charge is 2.28. The zero-order valence-electron chi connectivity index (χ0n) is 24.6. The molecule has 4 rings (SSSR count). The van der Waals surface area contributed by atoms with Crippen LogP contribution in [-0.4, -0.2) is 39.7 Å². The number of hydrogen-bond acceptors (Lipinski definition) is 5. The van der Waals surface area contributed by atoms with Gasteiger partial charge in [-0.2, -0.15) is 0 Å². The van der Waals surface area contributed by atoms with E-state index in [1.165, 1.54) is 13.3 Å². The first-order valence-electron chi connectivity index (χ1n) is 14.0. The van der Waals surface area contributed by atoms with Gasteiger partial charge in [0.15, 0.2) is 0 Å². The Kier molecular flexibility index (Phi) is 8.83. The molecule has 40 heavy (non-hydrogen) atoms. The van der Waals surface area contributed by atoms with E-state index in [0.29, 0.717) is 24.4 Å². The third-order valence-electron chi connectivity index (χ3n) is 7.70. The summed E-state index contributed by atoms with van der Waals surface area (Å²) in [6.45, 7) is 13.3. The number of aryl methyl sites for hydroxylation is 1. The van der Waals surface area contributed by atoms with Crippen molar-refractivity contribution in [2.75, 3.05) is 7.11 Å². The minimum Gasteiger partial charge on any atom is -0.485 e. The topological polar surface area (TPSA) is 71.9 Å². The molecule has 1 aliphatic heterocycles. The molecule has 0 saturated heterocycles. The summed E-state index contributed by atoms with van der Waals surface area (Å²) in [6, 6.07) is 14.1. The van der Waals surface area contributed by atoms with Gasteiger partial charge in [-0.05, 0) is 87.8 Å². The molecule has 214 valence electrons. The number of fused-ring (bicyclic) bond motifs is 1. The van der Waals surface area contributed by atoms with Gasteiger partial charge in [-0.15, -0.1) is 0 Å². The van der Waals surface area contributed by atoms with E-state index in [4.69, 9.17) is 9.47 Å². The largest absolute Gasteiger partial charge is 0.485 e. The summed E-state index contributed by atoms with van der Waals surface area (Å²) in [5.41, 5.74) is 5.28. The van der Waals surface area contributed by atoms with Gasteiger partial charge in [0.05, 0.1) is 19.2 Å². The van der Waals surface area contributed by atoms with E-state index in [9.17, 15) is 9.90 Å². The lowest BCUT2D eigenvalue weighted by molar-refractivity contribution is -0.141. The standard InChI is InChI=1S/C33H41FN2O4/c1-20(2)36(33(4,5)6)19-25-16-24(10-12-26(25)27-17-31(39-7)35-18-28(27)34)29-13-11-23-9-8-22(15-30(23)40-29)14-21(3)32(37)38/h8-10,12,15-18,20-21,29H,11,13-14,19H2,1-7H3,(H,37,38)/t21?,29-/m0/s1. The van der Waals surface area contributed by atoms with Crippen LogP contribution in [0.25, 0.3) is 11.1 Å². The molecule has 2 aromatic carbocycles. The molecule has 1 unspecified atom stereocenters. The number of carboxylic acid groups (broad SMARTS) is 1. The maximum Gasteiger partial charge on any atom is 0.306 e. The van der Waals surface area contributed by atoms with Crippen LogP contribution in [0.15, 0.2) is 48.7 Å². The van der Waals surface area contributed by atoms with Gasteiger partial charge in [-0.3, -0.25) is 9.69 Å². The lowest BCUT2D eigenvalue weighted by Gasteiger charge is -2.39. The quantitative estimate of drug-likeness (QED) is 0.304. The van der Waals surface area contributed by atoms with E-state index >= 15 is 4.39 Å². The Balaban J connectivity index is 1.72. The summed E-state index contributed by atoms with van der Waals surface area (Å²) in [7, 11) is 1.53. The van der Waals surface area contributed by atoms with Crippen LogP contribution in [0.2, 0.25) is 0 Å². The molecule has 0 bridgehead atoms. The molecule has 2 atom stereocenters. The van der Waals surface area contributed by atoms with Gasteiger partial charge in [-0.1, -0.05) is 37.3 Å². The molecule has 0 spiro atoms. The normalized spacial score (nSPS) is 16.0. The van der Waals surface area contributed by atoms with Crippen LogP contribution >= 0.6 is 0 Å². The summed E-state index contributed by atoms with van der Waals surface area (Å²) in [5, 5.41) is 9.33. The van der Waals surface area contributed by atoms with Crippen molar-refractivity contribution in [3.8, 4) is 22.8 Å². The number of ether oxygens (including phenoxy) is 2. The highest BCUT2D eigenvalue weighted by Crippen LogP contribution is 2.39. The van der Waals surface area contributed by atoms with Gasteiger partial charge in [0.25, 0.3) is 0 Å². The van der Waals surface area contributed by atoms with Gasteiger partial charge >= 0.3 is 5.97 Å². The Hall–Kier alpha value is -3.45. The Morgan fingerprint density at radius 1 is 1.15 bits per heavy atom. The molecule has 0 saturated carbocycles. The molecule has 3 aromatic rings. The number of carbonyl (C=O) groups is 1. The first-order chi connectivity index (χ1) is 18.9. The minimum absolute atomic E-state index is 0.0975. The summed E-state index contributed by atoms with van der Waals surface area (Å²) in [6.07, 6.45) is 3.18. The molecular weight excluding hydrogens is 507 g/mol. The summed E-state index contributed by atoms with van der Waals surface area (Å²) < 4.78 is 26.9. The van der Waals surface area contributed by atoms with Gasteiger partial charge in [-0.25, -0.2) is 9.37 Å². The number of pyridine rings is 1. The fraction of sp³-hybridized carbons (Fsp3) is 0.455. The van der Waals surface area contributed by atoms with Gasteiger partial charge in [0.2, 0.25) is 5.88 Å². The number of nitrogens with zero attached hydrogens (tertiary/aromatic N) is 2. The first-order valence-corrected chi connectivity index (χ1v) is 14.0. The summed E-state index contributed by atoms with van der Waals surface area (Å²) >= 11 is 0. The van der Waals surface area contributed by atoms with E-state index in [1.807, 2.05) is 30.3 Å². The van der Waals surface area contributed by atoms with Crippen LogP contribution in [0.3, 0.4) is 0 Å². The number of hydrogen-bond donors (Lipinski definition) is 1. The van der Waals surface area contributed by atoms with Crippen LogP contribution < -0.4 is 9.47 Å². The number of aliphatic carboxylic acids is 1. The second-order valence-corrected chi connectivity index (χ2v) is 12.0. The van der Waals surface area contributed by atoms with Crippen LogP contribution in [-0.2, 0) is 24.2 Å². The average Bonchev–Trinajstić information content (AvgIpc) is 2.90. The number of rotatable bonds is 9. The van der Waals surface area contributed by atoms with E-state index in [-0.39, 0.29) is 17.7 Å². The molecule has 1 aromatic heterocycles. The van der Waals surface area contributed by atoms with Gasteiger partial charge in [0, 0.05) is 29.8 Å². The molecule has 7 heteroatoms. The minimum atomic E-state index is -0.807. The fourth-order valence-corrected chi connectivity index (χ4v) is 5.54. The fourth-order valence-electron chi connectivity index (χ4n) is 5.54. The van der Waals surface area contributed by atoms with Crippen LogP contribution in [0.5, 0.6) is 11.6 Å². The first kappa shape index (κ1) is 29.5. The average molecular weight is 549 g/mol. The van der Waals surface area contributed by atoms with Crippen molar-refractivity contribution in [3.05, 3.63) is 76.7 Å². The Morgan fingerprint density at radius 2 is 1.90 bits per heavy atom. The number of methoxy groups -OCH3 is 1. The van der Waals surface area contributed by atoms with Gasteiger partial charge < -0.3 is 14.6 Å². The second-order valence-electron chi connectivity index (χ2n) is 12.0. The molecule has 2 heterocycles. The molecule has 1 aliphatic rings. The molecule has 0 aliphatic carbocycles. The Labute approximate surface area is 237 Å². The second kappa shape index (κ2) is 12.0. The molecule has 0 amide bonds. The zero-order valence-corrected chi connectivity index (χ0v) is 24.6. The third-order valence-corrected chi connectivity index (χ3v) is 7.70. The van der Waals surface area contributed by atoms with E-state index in [2.05, 4.69) is 50.6 Å². The lowest BCUT2D eigenvalue weighted by Crippen LogP contribution is -2.45. The van der Waals surface area contributed by atoms with Crippen molar-refractivity contribution in [2.45, 2.75) is 85.0 Å². The smallest absolute Gasteiger partial charge is 0.306 e. The van der Waals surface area contributed by atoms with Crippen molar-refractivity contribution in [3.63, 3.8) is 0 Å². The molecule has 0 fully saturated rings. The van der Waals surface area contributed by atoms with Gasteiger partial charge in [0.1, 0.15) is 17.7 Å². The SMILES string of the molecule is COc1cc(-c2ccc([C@@H]3CCc4ccc(CC(C)C(=O)O)cc4O3)cc2CN(C(C)C)C(C)(C)C)c(F)cn1. The maximum atomic E-state index is 15.1. The summed E-state index contributed by atoms with van der Waals surface area (Å²) in [5.74, 6) is -0.499. The zero-order chi connectivity index (χ0) is 29.2. The molecule has 0 radical (unpaired) electrons. The van der Waals surface area contributed by atoms with Crippen LogP contribution in [0.1, 0.15) is 76.3 Å². The number of carboxylic acids is 1. The van der Waals surface area contributed by atoms with Crippen molar-refractivity contribution >= 4 is 5.97 Å². The molecule has 1 N–H and O–H groups in total. The third kappa shape index (κ3) is 6.64. The highest BCUT2D eigenvalue weighted by molar-refractivity contribution is 5.70. The molecular formula is C33H41FN2O4. The van der Waals surface area contributed by atoms with E-state index < -0.39 is 17.7 Å². The number of halogens is 1. The van der Waals surface area contributed by atoms with Crippen molar-refractivity contribution in [1.82, 2.24) is 9.88 Å². The van der Waals surface area contributed by atoms with Crippen LogP contribution in [0.4, 0.5) is 4.39 Å². The lowest BCUT2D eigenvalue weighted by atomic mass is 9.91. The maximum absolute atomic E-state index is 15.1. The predicted octanol–water partition coefficient (Wildman–Crippen LogP) is 7.23. The van der Waals surface area contributed by atoms with Crippen molar-refractivity contribution in [1.29, 1.82) is 0 Å². The van der Waals surface area contributed by atoms with E-state index in [1.54, 1.807) is 13.0 Å². The van der Waals surface area contributed by atoms with Crippen molar-refractivity contribution in [2.24, 2.45) is 5.92 Å². The molecule has 6 nitrogen and oxygen atoms in total. The van der Waals surface area contributed by atoms with Crippen LogP contribution in [0, 0.1) is 11.7 Å².